The molecule has 1 aliphatic heterocycles. The predicted molar refractivity (Wildman–Crippen MR) is 162 cm³/mol. The average Bonchev–Trinajstić information content (AvgIpc) is 3.24. The number of amides is 5. The molecule has 0 aromatic rings. The third kappa shape index (κ3) is 7.02. The summed E-state index contributed by atoms with van der Waals surface area (Å²) in [6.07, 6.45) is 7.89. The molecule has 11 heteroatoms. The lowest BCUT2D eigenvalue weighted by Crippen LogP contribution is -2.63. The quantitative estimate of drug-likeness (QED) is 0.237. The fourth-order valence-electron chi connectivity index (χ4n) is 7.80. The molecule has 6 atom stereocenters. The van der Waals surface area contributed by atoms with Crippen LogP contribution in [0.3, 0.4) is 0 Å². The number of Topliss-reactive ketones (excluding diaryl/α,β-unsaturated/α-hetero) is 1. The second-order valence-electron chi connectivity index (χ2n) is 14.8. The fraction of sp³-hybridized carbons (Fsp3) is 0.844. The van der Waals surface area contributed by atoms with Gasteiger partial charge in [0.1, 0.15) is 12.1 Å². The van der Waals surface area contributed by atoms with Gasteiger partial charge in [0.2, 0.25) is 17.6 Å². The zero-order valence-electron chi connectivity index (χ0n) is 26.9. The molecule has 3 aliphatic carbocycles. The number of ketones is 1. The number of urea groups is 1. The second kappa shape index (κ2) is 13.1. The van der Waals surface area contributed by atoms with E-state index in [1.165, 1.54) is 0 Å². The number of primary amides is 1. The first-order valence-corrected chi connectivity index (χ1v) is 16.2. The molecule has 5 N–H and O–H groups in total. The van der Waals surface area contributed by atoms with Crippen LogP contribution in [0.4, 0.5) is 4.79 Å². The molecule has 0 spiro atoms. The fourth-order valence-corrected chi connectivity index (χ4v) is 7.80. The Morgan fingerprint density at radius 1 is 0.953 bits per heavy atom. The van der Waals surface area contributed by atoms with E-state index in [9.17, 15) is 24.0 Å². The molecular formula is C32H53N5O6. The number of nitrogens with two attached hydrogens (primary N) is 1. The van der Waals surface area contributed by atoms with Gasteiger partial charge in [-0.2, -0.15) is 0 Å². The first-order valence-electron chi connectivity index (χ1n) is 16.2. The summed E-state index contributed by atoms with van der Waals surface area (Å²) in [5.74, 6) is -2.13. The number of piperidine rings is 1. The molecule has 43 heavy (non-hydrogen) atoms. The topological polar surface area (TPSA) is 160 Å². The van der Waals surface area contributed by atoms with Gasteiger partial charge in [-0.25, -0.2) is 4.79 Å². The number of rotatable bonds is 13. The van der Waals surface area contributed by atoms with Gasteiger partial charge >= 0.3 is 6.03 Å². The lowest BCUT2D eigenvalue weighted by atomic mass is 9.70. The van der Waals surface area contributed by atoms with Crippen LogP contribution in [-0.2, 0) is 23.9 Å². The van der Waals surface area contributed by atoms with Crippen molar-refractivity contribution >= 4 is 29.5 Å². The first kappa shape index (κ1) is 33.2. The highest BCUT2D eigenvalue weighted by Crippen LogP contribution is 2.65. The molecule has 242 valence electrons. The molecule has 4 unspecified atom stereocenters. The van der Waals surface area contributed by atoms with E-state index >= 15 is 0 Å². The molecule has 0 bridgehead atoms. The highest BCUT2D eigenvalue weighted by Gasteiger charge is 2.70. The third-order valence-corrected chi connectivity index (χ3v) is 11.1. The van der Waals surface area contributed by atoms with E-state index in [4.69, 9.17) is 10.5 Å². The highest BCUT2D eigenvalue weighted by molar-refractivity contribution is 6.37. The van der Waals surface area contributed by atoms with Crippen molar-refractivity contribution < 1.29 is 28.7 Å². The molecule has 0 radical (unpaired) electrons. The van der Waals surface area contributed by atoms with Gasteiger partial charge in [0.05, 0.1) is 18.7 Å². The Morgan fingerprint density at radius 2 is 1.60 bits per heavy atom. The summed E-state index contributed by atoms with van der Waals surface area (Å²) in [4.78, 5) is 68.1. The lowest BCUT2D eigenvalue weighted by Gasteiger charge is -2.43. The van der Waals surface area contributed by atoms with Gasteiger partial charge < -0.3 is 31.3 Å². The maximum Gasteiger partial charge on any atom is 0.315 e. The number of likely N-dealkylation sites (tertiary alicyclic amines) is 1. The minimum Gasteiger partial charge on any atom is -0.383 e. The lowest BCUT2D eigenvalue weighted by molar-refractivity contribution is -0.146. The van der Waals surface area contributed by atoms with Gasteiger partial charge in [-0.05, 0) is 53.8 Å². The summed E-state index contributed by atoms with van der Waals surface area (Å²) in [6, 6.07) is -3.28. The monoisotopic (exact) mass is 603 g/mol. The summed E-state index contributed by atoms with van der Waals surface area (Å²) >= 11 is 0. The van der Waals surface area contributed by atoms with Crippen molar-refractivity contribution in [3.8, 4) is 0 Å². The SMILES string of the molecule is COC[C@@H](NC(=O)N[C@H](C(=O)N1CC2C(C1C(=O)NC(CC1CCC1)C(=O)C(N)=O)C2(C)C)C1(C)CCCCC1)C(C)C. The van der Waals surface area contributed by atoms with Crippen LogP contribution in [0.1, 0.15) is 92.4 Å². The zero-order chi connectivity index (χ0) is 31.7. The molecule has 5 amide bonds. The van der Waals surface area contributed by atoms with Gasteiger partial charge in [0.15, 0.2) is 0 Å². The van der Waals surface area contributed by atoms with Crippen LogP contribution < -0.4 is 21.7 Å². The predicted octanol–water partition coefficient (Wildman–Crippen LogP) is 2.51. The van der Waals surface area contributed by atoms with Crippen LogP contribution in [0.5, 0.6) is 0 Å². The Kier molecular flexibility index (Phi) is 10.1. The van der Waals surface area contributed by atoms with Crippen molar-refractivity contribution in [2.45, 2.75) is 117 Å². The molecule has 3 saturated carbocycles. The Bertz CT molecular complexity index is 1080. The van der Waals surface area contributed by atoms with E-state index in [-0.39, 0.29) is 41.0 Å². The first-order chi connectivity index (χ1) is 20.2. The molecule has 4 aliphatic rings. The van der Waals surface area contributed by atoms with Crippen LogP contribution in [-0.4, -0.2) is 78.9 Å². The van der Waals surface area contributed by atoms with Crippen LogP contribution in [0.2, 0.25) is 0 Å². The molecule has 4 fully saturated rings. The van der Waals surface area contributed by atoms with E-state index in [1.807, 2.05) is 13.8 Å². The minimum atomic E-state index is -1.07. The molecular weight excluding hydrogens is 550 g/mol. The van der Waals surface area contributed by atoms with Crippen LogP contribution >= 0.6 is 0 Å². The summed E-state index contributed by atoms with van der Waals surface area (Å²) in [5, 5.41) is 8.86. The van der Waals surface area contributed by atoms with Crippen molar-refractivity contribution in [2.75, 3.05) is 20.3 Å². The van der Waals surface area contributed by atoms with Gasteiger partial charge in [-0.15, -0.1) is 0 Å². The van der Waals surface area contributed by atoms with Gasteiger partial charge in [-0.3, -0.25) is 19.2 Å². The van der Waals surface area contributed by atoms with Gasteiger partial charge in [0, 0.05) is 13.7 Å². The number of methoxy groups -OCH3 is 1. The largest absolute Gasteiger partial charge is 0.383 e. The number of nitrogens with one attached hydrogen (secondary N) is 3. The number of hydrogen-bond donors (Lipinski definition) is 4. The van der Waals surface area contributed by atoms with Crippen LogP contribution in [0, 0.1) is 34.5 Å². The van der Waals surface area contributed by atoms with E-state index in [1.54, 1.807) is 12.0 Å². The molecule has 11 nitrogen and oxygen atoms in total. The normalized spacial score (nSPS) is 27.7. The van der Waals surface area contributed by atoms with Crippen molar-refractivity contribution in [1.82, 2.24) is 20.9 Å². The minimum absolute atomic E-state index is 0.0786. The van der Waals surface area contributed by atoms with Crippen LogP contribution in [0.15, 0.2) is 0 Å². The maximum atomic E-state index is 14.5. The number of carbonyl (C=O) groups excluding carboxylic acids is 5. The molecule has 0 aromatic carbocycles. The Balaban J connectivity index is 1.58. The van der Waals surface area contributed by atoms with Crippen molar-refractivity contribution in [3.05, 3.63) is 0 Å². The van der Waals surface area contributed by atoms with E-state index in [2.05, 4.69) is 36.7 Å². The summed E-state index contributed by atoms with van der Waals surface area (Å²) in [6.45, 7) is 11.0. The number of carbonyl (C=O) groups is 5. The van der Waals surface area contributed by atoms with E-state index < -0.39 is 47.2 Å². The van der Waals surface area contributed by atoms with Gasteiger partial charge in [0.25, 0.3) is 5.91 Å². The zero-order valence-corrected chi connectivity index (χ0v) is 26.9. The average molecular weight is 604 g/mol. The number of hydrogen-bond acceptors (Lipinski definition) is 6. The summed E-state index contributed by atoms with van der Waals surface area (Å²) in [7, 11) is 1.59. The molecule has 1 saturated heterocycles. The van der Waals surface area contributed by atoms with Crippen molar-refractivity contribution in [2.24, 2.45) is 40.2 Å². The molecule has 1 heterocycles. The smallest absolute Gasteiger partial charge is 0.315 e. The number of ether oxygens (including phenoxy) is 1. The Labute approximate surface area is 256 Å². The molecule has 4 rings (SSSR count). The number of fused-ring (bicyclic) bond motifs is 1. The van der Waals surface area contributed by atoms with Crippen molar-refractivity contribution in [1.29, 1.82) is 0 Å². The van der Waals surface area contributed by atoms with Gasteiger partial charge in [-0.1, -0.05) is 73.1 Å². The van der Waals surface area contributed by atoms with E-state index in [0.717, 1.165) is 51.4 Å². The second-order valence-corrected chi connectivity index (χ2v) is 14.8. The number of nitrogens with zero attached hydrogens (tertiary/aromatic N) is 1. The van der Waals surface area contributed by atoms with Crippen molar-refractivity contribution in [3.63, 3.8) is 0 Å². The van der Waals surface area contributed by atoms with Crippen LogP contribution in [0.25, 0.3) is 0 Å². The summed E-state index contributed by atoms with van der Waals surface area (Å²) < 4.78 is 5.30. The summed E-state index contributed by atoms with van der Waals surface area (Å²) in [5.41, 5.74) is 4.74. The standard InChI is InChI=1S/C32H53N5O6/c1-18(2)22(17-43-6)35-30(42)36-26(32(5)13-8-7-9-14-32)29(41)37-16-20-23(31(20,3)4)24(37)28(40)34-21(25(38)27(33)39)15-19-11-10-12-19/h18-24,26H,7-17H2,1-6H3,(H2,33,39)(H,34,40)(H2,35,36,42)/t20?,21?,22-,23?,24?,26-/m1/s1. The Morgan fingerprint density at radius 3 is 2.14 bits per heavy atom. The third-order valence-electron chi connectivity index (χ3n) is 11.1. The van der Waals surface area contributed by atoms with E-state index in [0.29, 0.717) is 19.6 Å². The Hall–Kier alpha value is -2.69. The molecule has 0 aromatic heterocycles. The maximum absolute atomic E-state index is 14.5. The highest BCUT2D eigenvalue weighted by atomic mass is 16.5.